The lowest BCUT2D eigenvalue weighted by molar-refractivity contribution is -0.145. The quantitative estimate of drug-likeness (QED) is 0.617. The van der Waals surface area contributed by atoms with Crippen LogP contribution in [0.3, 0.4) is 0 Å². The van der Waals surface area contributed by atoms with E-state index in [-0.39, 0.29) is 13.2 Å². The van der Waals surface area contributed by atoms with Gasteiger partial charge >= 0.3 is 5.97 Å². The number of esters is 1. The molecule has 0 unspecified atom stereocenters. The summed E-state index contributed by atoms with van der Waals surface area (Å²) in [5, 5.41) is -0.450. The van der Waals surface area contributed by atoms with Gasteiger partial charge < -0.3 is 4.74 Å². The van der Waals surface area contributed by atoms with Gasteiger partial charge in [-0.3, -0.25) is 19.3 Å². The zero-order valence-corrected chi connectivity index (χ0v) is 13.3. The predicted octanol–water partition coefficient (Wildman–Crippen LogP) is 2.85. The molecule has 2 amide bonds. The smallest absolute Gasteiger partial charge is 0.326 e. The maximum atomic E-state index is 12.2. The Balaban J connectivity index is 2.12. The third-order valence-electron chi connectivity index (χ3n) is 3.15. The molecule has 0 aromatic heterocycles. The molecule has 6 heteroatoms. The molecule has 22 heavy (non-hydrogen) atoms. The van der Waals surface area contributed by atoms with Crippen LogP contribution >= 0.6 is 11.8 Å². The molecular formula is C16H17NO4S. The summed E-state index contributed by atoms with van der Waals surface area (Å²) in [5.41, 5.74) is 2.05. The second-order valence-corrected chi connectivity index (χ2v) is 5.66. The summed E-state index contributed by atoms with van der Waals surface area (Å²) >= 11 is 0.837. The Kier molecular flexibility index (Phi) is 5.38. The molecule has 116 valence electrons. The van der Waals surface area contributed by atoms with Gasteiger partial charge in [-0.25, -0.2) is 0 Å². The van der Waals surface area contributed by atoms with Crippen molar-refractivity contribution in [2.24, 2.45) is 0 Å². The molecule has 1 aliphatic heterocycles. The lowest BCUT2D eigenvalue weighted by atomic mass is 10.1. The molecule has 1 heterocycles. The molecule has 1 fully saturated rings. The van der Waals surface area contributed by atoms with E-state index < -0.39 is 17.1 Å². The highest BCUT2D eigenvalue weighted by Gasteiger charge is 2.36. The second kappa shape index (κ2) is 7.26. The van der Waals surface area contributed by atoms with Crippen LogP contribution in [0.25, 0.3) is 6.08 Å². The number of imide groups is 1. The number of benzene rings is 1. The lowest BCUT2D eigenvalue weighted by Crippen LogP contribution is -2.34. The number of amides is 2. The highest BCUT2D eigenvalue weighted by molar-refractivity contribution is 8.18. The molecule has 1 aromatic rings. The van der Waals surface area contributed by atoms with Gasteiger partial charge in [0.05, 0.1) is 11.5 Å². The van der Waals surface area contributed by atoms with E-state index in [1.54, 1.807) is 13.0 Å². The van der Waals surface area contributed by atoms with Crippen molar-refractivity contribution in [3.8, 4) is 0 Å². The van der Waals surface area contributed by atoms with Crippen LogP contribution in [0.5, 0.6) is 0 Å². The van der Waals surface area contributed by atoms with Crippen molar-refractivity contribution in [3.05, 3.63) is 40.3 Å². The van der Waals surface area contributed by atoms with Crippen LogP contribution in [-0.4, -0.2) is 35.2 Å². The van der Waals surface area contributed by atoms with Crippen LogP contribution in [0, 0.1) is 0 Å². The number of ether oxygens (including phenoxy) is 1. The molecular weight excluding hydrogens is 302 g/mol. The maximum absolute atomic E-state index is 12.2. The first kappa shape index (κ1) is 16.3. The Hall–Kier alpha value is -2.08. The van der Waals surface area contributed by atoms with Crippen molar-refractivity contribution in [2.75, 3.05) is 13.2 Å². The van der Waals surface area contributed by atoms with E-state index >= 15 is 0 Å². The first-order chi connectivity index (χ1) is 10.5. The summed E-state index contributed by atoms with van der Waals surface area (Å²) in [6.07, 6.45) is 2.60. The summed E-state index contributed by atoms with van der Waals surface area (Å²) in [4.78, 5) is 36.7. The van der Waals surface area contributed by atoms with Crippen molar-refractivity contribution in [3.63, 3.8) is 0 Å². The number of hydrogen-bond acceptors (Lipinski definition) is 5. The molecule has 5 nitrogen and oxygen atoms in total. The minimum absolute atomic E-state index is 0.217. The van der Waals surface area contributed by atoms with Gasteiger partial charge in [-0.15, -0.1) is 0 Å². The van der Waals surface area contributed by atoms with Gasteiger partial charge in [0, 0.05) is 0 Å². The van der Waals surface area contributed by atoms with Crippen molar-refractivity contribution >= 4 is 35.0 Å². The molecule has 0 atom stereocenters. The van der Waals surface area contributed by atoms with E-state index in [1.165, 1.54) is 5.56 Å². The predicted molar refractivity (Wildman–Crippen MR) is 85.1 cm³/mol. The fourth-order valence-electron chi connectivity index (χ4n) is 1.97. The van der Waals surface area contributed by atoms with Crippen LogP contribution < -0.4 is 0 Å². The highest BCUT2D eigenvalue weighted by Crippen LogP contribution is 2.32. The summed E-state index contributed by atoms with van der Waals surface area (Å²) < 4.78 is 4.77. The summed E-state index contributed by atoms with van der Waals surface area (Å²) in [6, 6.07) is 7.76. The van der Waals surface area contributed by atoms with Crippen molar-refractivity contribution < 1.29 is 19.1 Å². The SMILES string of the molecule is CCOC(=O)CN1C(=O)S/C(=C\c2ccc(CC)cc2)C1=O. The molecule has 1 saturated heterocycles. The van der Waals surface area contributed by atoms with Crippen LogP contribution in [0.2, 0.25) is 0 Å². The van der Waals surface area contributed by atoms with E-state index in [0.29, 0.717) is 4.91 Å². The van der Waals surface area contributed by atoms with Gasteiger partial charge in [-0.05, 0) is 42.3 Å². The second-order valence-electron chi connectivity index (χ2n) is 4.67. The molecule has 0 N–H and O–H groups in total. The van der Waals surface area contributed by atoms with Gasteiger partial charge in [-0.2, -0.15) is 0 Å². The zero-order chi connectivity index (χ0) is 16.1. The lowest BCUT2D eigenvalue weighted by Gasteiger charge is -2.10. The van der Waals surface area contributed by atoms with E-state index in [1.807, 2.05) is 24.3 Å². The van der Waals surface area contributed by atoms with E-state index in [2.05, 4.69) is 6.92 Å². The molecule has 1 aromatic carbocycles. The molecule has 2 rings (SSSR count). The van der Waals surface area contributed by atoms with Gasteiger partial charge in [0.1, 0.15) is 6.54 Å². The largest absolute Gasteiger partial charge is 0.465 e. The van der Waals surface area contributed by atoms with E-state index in [4.69, 9.17) is 4.74 Å². The molecule has 0 radical (unpaired) electrons. The molecule has 1 aliphatic rings. The van der Waals surface area contributed by atoms with Gasteiger partial charge in [0.2, 0.25) is 0 Å². The zero-order valence-electron chi connectivity index (χ0n) is 12.5. The van der Waals surface area contributed by atoms with Gasteiger partial charge in [0.15, 0.2) is 0 Å². The Morgan fingerprint density at radius 1 is 1.23 bits per heavy atom. The first-order valence-electron chi connectivity index (χ1n) is 7.05. The number of hydrogen-bond donors (Lipinski definition) is 0. The van der Waals surface area contributed by atoms with Crippen LogP contribution in [-0.2, 0) is 20.7 Å². The van der Waals surface area contributed by atoms with E-state index in [9.17, 15) is 14.4 Å². The van der Waals surface area contributed by atoms with Crippen molar-refractivity contribution in [1.29, 1.82) is 0 Å². The Labute approximate surface area is 133 Å². The number of nitrogens with zero attached hydrogens (tertiary/aromatic N) is 1. The third-order valence-corrected chi connectivity index (χ3v) is 4.06. The maximum Gasteiger partial charge on any atom is 0.326 e. The number of thioether (sulfide) groups is 1. The Bertz CT molecular complexity index is 622. The normalized spacial score (nSPS) is 16.5. The van der Waals surface area contributed by atoms with Crippen molar-refractivity contribution in [2.45, 2.75) is 20.3 Å². The Morgan fingerprint density at radius 3 is 2.50 bits per heavy atom. The minimum Gasteiger partial charge on any atom is -0.465 e. The molecule has 0 saturated carbocycles. The number of carbonyl (C=O) groups is 3. The fraction of sp³-hybridized carbons (Fsp3) is 0.312. The van der Waals surface area contributed by atoms with E-state index in [0.717, 1.165) is 28.6 Å². The minimum atomic E-state index is -0.585. The number of carbonyl (C=O) groups excluding carboxylic acids is 3. The first-order valence-corrected chi connectivity index (χ1v) is 7.86. The number of aryl methyl sites for hydroxylation is 1. The number of rotatable bonds is 5. The molecule has 0 bridgehead atoms. The average Bonchev–Trinajstić information content (AvgIpc) is 2.76. The van der Waals surface area contributed by atoms with Crippen LogP contribution in [0.4, 0.5) is 4.79 Å². The summed E-state index contributed by atoms with van der Waals surface area (Å²) in [5.74, 6) is -1.04. The van der Waals surface area contributed by atoms with Crippen LogP contribution in [0.15, 0.2) is 29.2 Å². The van der Waals surface area contributed by atoms with Crippen LogP contribution in [0.1, 0.15) is 25.0 Å². The molecule has 0 spiro atoms. The monoisotopic (exact) mass is 319 g/mol. The standard InChI is InChI=1S/C16H17NO4S/c1-3-11-5-7-12(8-6-11)9-13-15(19)17(16(20)22-13)10-14(18)21-4-2/h5-9H,3-4,10H2,1-2H3/b13-9-. The van der Waals surface area contributed by atoms with Crippen molar-refractivity contribution in [1.82, 2.24) is 4.90 Å². The molecule has 0 aliphatic carbocycles. The Morgan fingerprint density at radius 2 is 1.91 bits per heavy atom. The topological polar surface area (TPSA) is 63.7 Å². The highest BCUT2D eigenvalue weighted by atomic mass is 32.2. The third kappa shape index (κ3) is 3.76. The average molecular weight is 319 g/mol. The van der Waals surface area contributed by atoms with Gasteiger partial charge in [-0.1, -0.05) is 31.2 Å². The van der Waals surface area contributed by atoms with Gasteiger partial charge in [0.25, 0.3) is 11.1 Å². The fourth-order valence-corrected chi connectivity index (χ4v) is 2.81. The summed E-state index contributed by atoms with van der Waals surface area (Å²) in [6.45, 7) is 3.61. The summed E-state index contributed by atoms with van der Waals surface area (Å²) in [7, 11) is 0.